The number of carboxylic acid groups (broad SMARTS) is 1. The van der Waals surface area contributed by atoms with Crippen LogP contribution in [-0.2, 0) is 16.0 Å². The summed E-state index contributed by atoms with van der Waals surface area (Å²) in [7, 11) is 0. The second-order valence-electron chi connectivity index (χ2n) is 6.40. The molecule has 0 aromatic heterocycles. The average molecular weight is 352 g/mol. The predicted molar refractivity (Wildman–Crippen MR) is 98.6 cm³/mol. The van der Waals surface area contributed by atoms with E-state index in [9.17, 15) is 14.4 Å². The Morgan fingerprint density at radius 2 is 1.92 bits per heavy atom. The van der Waals surface area contributed by atoms with Crippen molar-refractivity contribution < 1.29 is 19.5 Å². The third-order valence-corrected chi connectivity index (χ3v) is 4.63. The van der Waals surface area contributed by atoms with Crippen molar-refractivity contribution in [3.63, 3.8) is 0 Å². The van der Waals surface area contributed by atoms with E-state index in [1.807, 2.05) is 0 Å². The molecular weight excluding hydrogens is 332 g/mol. The molecule has 1 aliphatic rings. The maximum Gasteiger partial charge on any atom is 0.310 e. The standard InChI is InChI=1S/C20H20N2O4/c1-12(20(25)26)14-4-3-5-17(11-14)21-19(24)16-6-7-18-15(10-16)8-9-22(18)13(2)23/h3-7,10-12H,8-9H2,1-2H3,(H,21,24)(H,25,26). The summed E-state index contributed by atoms with van der Waals surface area (Å²) in [5.41, 5.74) is 3.51. The van der Waals surface area contributed by atoms with Crippen molar-refractivity contribution in [3.05, 3.63) is 59.2 Å². The summed E-state index contributed by atoms with van der Waals surface area (Å²) >= 11 is 0. The molecule has 134 valence electrons. The normalized spacial score (nSPS) is 13.8. The molecule has 6 heteroatoms. The van der Waals surface area contributed by atoms with Crippen LogP contribution in [0.1, 0.15) is 41.3 Å². The Morgan fingerprint density at radius 3 is 2.62 bits per heavy atom. The smallest absolute Gasteiger partial charge is 0.310 e. The summed E-state index contributed by atoms with van der Waals surface area (Å²) < 4.78 is 0. The second kappa shape index (κ2) is 7.00. The fourth-order valence-electron chi connectivity index (χ4n) is 3.10. The van der Waals surface area contributed by atoms with Crippen molar-refractivity contribution in [2.24, 2.45) is 0 Å². The number of hydrogen-bond donors (Lipinski definition) is 2. The molecule has 1 aliphatic heterocycles. The van der Waals surface area contributed by atoms with Crippen LogP contribution in [0, 0.1) is 0 Å². The molecule has 0 aliphatic carbocycles. The number of hydrogen-bond acceptors (Lipinski definition) is 3. The number of fused-ring (bicyclic) bond motifs is 1. The zero-order chi connectivity index (χ0) is 18.8. The lowest BCUT2D eigenvalue weighted by Gasteiger charge is -2.15. The van der Waals surface area contributed by atoms with Crippen molar-refractivity contribution in [2.45, 2.75) is 26.2 Å². The summed E-state index contributed by atoms with van der Waals surface area (Å²) in [6.45, 7) is 3.76. The third-order valence-electron chi connectivity index (χ3n) is 4.63. The quantitative estimate of drug-likeness (QED) is 0.885. The highest BCUT2D eigenvalue weighted by Gasteiger charge is 2.23. The third kappa shape index (κ3) is 3.44. The van der Waals surface area contributed by atoms with Gasteiger partial charge in [-0.2, -0.15) is 0 Å². The number of rotatable bonds is 4. The molecule has 0 fully saturated rings. The summed E-state index contributed by atoms with van der Waals surface area (Å²) in [6, 6.07) is 12.1. The van der Waals surface area contributed by atoms with Gasteiger partial charge in [-0.3, -0.25) is 14.4 Å². The fraction of sp³-hybridized carbons (Fsp3) is 0.250. The molecule has 26 heavy (non-hydrogen) atoms. The van der Waals surface area contributed by atoms with Crippen LogP contribution in [0.5, 0.6) is 0 Å². The number of carbonyl (C=O) groups excluding carboxylic acids is 2. The summed E-state index contributed by atoms with van der Waals surface area (Å²) in [5, 5.41) is 11.9. The van der Waals surface area contributed by atoms with E-state index >= 15 is 0 Å². The van der Waals surface area contributed by atoms with Crippen molar-refractivity contribution >= 4 is 29.2 Å². The Bertz CT molecular complexity index is 891. The van der Waals surface area contributed by atoms with Crippen molar-refractivity contribution in [2.75, 3.05) is 16.8 Å². The van der Waals surface area contributed by atoms with Crippen LogP contribution in [0.15, 0.2) is 42.5 Å². The fourth-order valence-corrected chi connectivity index (χ4v) is 3.10. The van der Waals surface area contributed by atoms with Crippen LogP contribution in [-0.4, -0.2) is 29.4 Å². The molecule has 2 amide bonds. The van der Waals surface area contributed by atoms with Crippen molar-refractivity contribution in [3.8, 4) is 0 Å². The molecule has 0 saturated carbocycles. The number of nitrogens with zero attached hydrogens (tertiary/aromatic N) is 1. The van der Waals surface area contributed by atoms with Crippen LogP contribution < -0.4 is 10.2 Å². The number of amides is 2. The van der Waals surface area contributed by atoms with Gasteiger partial charge in [0.2, 0.25) is 5.91 Å². The van der Waals surface area contributed by atoms with Gasteiger partial charge in [0, 0.05) is 30.4 Å². The molecule has 6 nitrogen and oxygen atoms in total. The number of aliphatic carboxylic acids is 1. The van der Waals surface area contributed by atoms with Crippen molar-refractivity contribution in [1.29, 1.82) is 0 Å². The predicted octanol–water partition coefficient (Wildman–Crippen LogP) is 3.04. The topological polar surface area (TPSA) is 86.7 Å². The van der Waals surface area contributed by atoms with E-state index in [4.69, 9.17) is 5.11 Å². The zero-order valence-electron chi connectivity index (χ0n) is 14.7. The highest BCUT2D eigenvalue weighted by molar-refractivity contribution is 6.05. The van der Waals surface area contributed by atoms with Crippen LogP contribution in [0.2, 0.25) is 0 Å². The van der Waals surface area contributed by atoms with Crippen LogP contribution in [0.4, 0.5) is 11.4 Å². The first-order valence-electron chi connectivity index (χ1n) is 8.42. The molecule has 3 rings (SSSR count). The van der Waals surface area contributed by atoms with Gasteiger partial charge in [0.1, 0.15) is 0 Å². The summed E-state index contributed by atoms with van der Waals surface area (Å²) in [6.07, 6.45) is 0.724. The highest BCUT2D eigenvalue weighted by Crippen LogP contribution is 2.29. The first-order valence-corrected chi connectivity index (χ1v) is 8.42. The van der Waals surface area contributed by atoms with Gasteiger partial charge in [0.15, 0.2) is 0 Å². The van der Waals surface area contributed by atoms with E-state index in [0.29, 0.717) is 23.4 Å². The molecular formula is C20H20N2O4. The van der Waals surface area contributed by atoms with E-state index < -0.39 is 11.9 Å². The van der Waals surface area contributed by atoms with E-state index in [-0.39, 0.29) is 11.8 Å². The number of carbonyl (C=O) groups is 3. The number of anilines is 2. The number of carboxylic acids is 1. The Balaban J connectivity index is 1.78. The van der Waals surface area contributed by atoms with E-state index in [2.05, 4.69) is 5.32 Å². The number of nitrogens with one attached hydrogen (secondary N) is 1. The molecule has 2 aromatic rings. The maximum atomic E-state index is 12.5. The minimum atomic E-state index is -0.915. The van der Waals surface area contributed by atoms with Gasteiger partial charge in [-0.05, 0) is 54.8 Å². The number of benzene rings is 2. The van der Waals surface area contributed by atoms with Gasteiger partial charge < -0.3 is 15.3 Å². The molecule has 0 bridgehead atoms. The van der Waals surface area contributed by atoms with E-state index in [1.165, 1.54) is 6.92 Å². The Morgan fingerprint density at radius 1 is 1.15 bits per heavy atom. The molecule has 1 unspecified atom stereocenters. The lowest BCUT2D eigenvalue weighted by Crippen LogP contribution is -2.25. The molecule has 2 aromatic carbocycles. The van der Waals surface area contributed by atoms with Gasteiger partial charge in [0.25, 0.3) is 5.91 Å². The zero-order valence-corrected chi connectivity index (χ0v) is 14.7. The van der Waals surface area contributed by atoms with Gasteiger partial charge >= 0.3 is 5.97 Å². The summed E-state index contributed by atoms with van der Waals surface area (Å²) in [4.78, 5) is 37.0. The van der Waals surface area contributed by atoms with Gasteiger partial charge in [-0.15, -0.1) is 0 Å². The van der Waals surface area contributed by atoms with Crippen LogP contribution in [0.25, 0.3) is 0 Å². The minimum Gasteiger partial charge on any atom is -0.481 e. The summed E-state index contributed by atoms with van der Waals surface area (Å²) in [5.74, 6) is -1.84. The minimum absolute atomic E-state index is 0.00897. The first-order chi connectivity index (χ1) is 12.4. The molecule has 0 spiro atoms. The molecule has 2 N–H and O–H groups in total. The molecule has 0 saturated heterocycles. The first kappa shape index (κ1) is 17.7. The molecule has 0 radical (unpaired) electrons. The Kier molecular flexibility index (Phi) is 4.75. The molecule has 1 heterocycles. The SMILES string of the molecule is CC(=O)N1CCc2cc(C(=O)Nc3cccc(C(C)C(=O)O)c3)ccc21. The highest BCUT2D eigenvalue weighted by atomic mass is 16.4. The largest absolute Gasteiger partial charge is 0.481 e. The van der Waals surface area contributed by atoms with Crippen LogP contribution in [0.3, 0.4) is 0 Å². The second-order valence-corrected chi connectivity index (χ2v) is 6.40. The monoisotopic (exact) mass is 352 g/mol. The van der Waals surface area contributed by atoms with Gasteiger partial charge in [-0.25, -0.2) is 0 Å². The average Bonchev–Trinajstić information content (AvgIpc) is 3.04. The van der Waals surface area contributed by atoms with Gasteiger partial charge in [-0.1, -0.05) is 12.1 Å². The lowest BCUT2D eigenvalue weighted by molar-refractivity contribution is -0.138. The molecule has 1 atom stereocenters. The van der Waals surface area contributed by atoms with Crippen molar-refractivity contribution in [1.82, 2.24) is 0 Å². The van der Waals surface area contributed by atoms with E-state index in [1.54, 1.807) is 54.3 Å². The van der Waals surface area contributed by atoms with E-state index in [0.717, 1.165) is 17.7 Å². The van der Waals surface area contributed by atoms with Gasteiger partial charge in [0.05, 0.1) is 5.92 Å². The van der Waals surface area contributed by atoms with Crippen LogP contribution >= 0.6 is 0 Å². The maximum absolute atomic E-state index is 12.5. The lowest BCUT2D eigenvalue weighted by atomic mass is 10.0. The Hall–Kier alpha value is -3.15. The Labute approximate surface area is 151 Å².